The summed E-state index contributed by atoms with van der Waals surface area (Å²) in [4.78, 5) is 26.7. The number of amides is 2. The summed E-state index contributed by atoms with van der Waals surface area (Å²) in [7, 11) is 0. The SMILES string of the molecule is C=CCN1C(=O)/C(=C/c2cc(C)n(-c3ccc(OCc4ccccc4C#N)cc3)c2C)C(=O)NC1=S. The fourth-order valence-corrected chi connectivity index (χ4v) is 4.33. The summed E-state index contributed by atoms with van der Waals surface area (Å²) in [5.41, 5.74) is 4.92. The summed E-state index contributed by atoms with van der Waals surface area (Å²) in [6.07, 6.45) is 3.15. The Morgan fingerprint density at radius 1 is 1.14 bits per heavy atom. The van der Waals surface area contributed by atoms with Crippen molar-refractivity contribution in [3.8, 4) is 17.5 Å². The van der Waals surface area contributed by atoms with Gasteiger partial charge in [-0.3, -0.25) is 19.8 Å². The number of ether oxygens (including phenoxy) is 1. The first kappa shape index (κ1) is 24.6. The second-order valence-electron chi connectivity index (χ2n) is 8.24. The van der Waals surface area contributed by atoms with Crippen molar-refractivity contribution in [1.82, 2.24) is 14.8 Å². The van der Waals surface area contributed by atoms with E-state index in [-0.39, 0.29) is 17.2 Å². The molecule has 2 amide bonds. The molecule has 0 aliphatic carbocycles. The van der Waals surface area contributed by atoms with Gasteiger partial charge in [-0.05, 0) is 74.1 Å². The Balaban J connectivity index is 1.57. The molecule has 1 aromatic heterocycles. The largest absolute Gasteiger partial charge is 0.489 e. The molecule has 0 bridgehead atoms. The standard InChI is InChI=1S/C28H24N4O3S/c1-4-13-31-27(34)25(26(33)30-28(31)36)15-22-14-18(2)32(19(22)3)23-9-11-24(12-10-23)35-17-21-8-6-5-7-20(21)16-29/h4-12,14-15H,1,13,17H2,2-3H3,(H,30,33,36)/b25-15+. The molecule has 1 saturated heterocycles. The minimum atomic E-state index is -0.519. The van der Waals surface area contributed by atoms with Crippen molar-refractivity contribution < 1.29 is 14.3 Å². The van der Waals surface area contributed by atoms with E-state index in [4.69, 9.17) is 17.0 Å². The number of thiocarbonyl (C=S) groups is 1. The van der Waals surface area contributed by atoms with E-state index in [9.17, 15) is 14.9 Å². The highest BCUT2D eigenvalue weighted by Crippen LogP contribution is 2.26. The maximum Gasteiger partial charge on any atom is 0.265 e. The number of nitriles is 1. The third-order valence-corrected chi connectivity index (χ3v) is 6.22. The number of carbonyl (C=O) groups is 2. The van der Waals surface area contributed by atoms with Gasteiger partial charge in [0.25, 0.3) is 11.8 Å². The molecule has 0 atom stereocenters. The first-order valence-corrected chi connectivity index (χ1v) is 11.6. The number of aromatic nitrogens is 1. The topological polar surface area (TPSA) is 87.4 Å². The van der Waals surface area contributed by atoms with Gasteiger partial charge in [-0.25, -0.2) is 0 Å². The second-order valence-corrected chi connectivity index (χ2v) is 8.62. The van der Waals surface area contributed by atoms with Gasteiger partial charge < -0.3 is 9.30 Å². The average molecular weight is 497 g/mol. The molecule has 1 N–H and O–H groups in total. The number of nitrogens with one attached hydrogen (secondary N) is 1. The predicted molar refractivity (Wildman–Crippen MR) is 141 cm³/mol. The molecular weight excluding hydrogens is 472 g/mol. The molecule has 8 heteroatoms. The third-order valence-electron chi connectivity index (χ3n) is 5.89. The van der Waals surface area contributed by atoms with Crippen molar-refractivity contribution in [3.63, 3.8) is 0 Å². The van der Waals surface area contributed by atoms with Gasteiger partial charge in [0.15, 0.2) is 5.11 Å². The van der Waals surface area contributed by atoms with Crippen LogP contribution in [-0.4, -0.2) is 32.9 Å². The zero-order valence-electron chi connectivity index (χ0n) is 19.9. The molecule has 1 aliphatic rings. The number of carbonyl (C=O) groups excluding carboxylic acids is 2. The number of rotatable bonds is 7. The van der Waals surface area contributed by atoms with E-state index >= 15 is 0 Å². The number of hydrogen-bond donors (Lipinski definition) is 1. The minimum Gasteiger partial charge on any atom is -0.489 e. The summed E-state index contributed by atoms with van der Waals surface area (Å²) in [5, 5.41) is 11.9. The van der Waals surface area contributed by atoms with Crippen LogP contribution in [0.5, 0.6) is 5.75 Å². The van der Waals surface area contributed by atoms with Crippen LogP contribution in [0.2, 0.25) is 0 Å². The zero-order valence-corrected chi connectivity index (χ0v) is 20.8. The van der Waals surface area contributed by atoms with Crippen molar-refractivity contribution in [2.45, 2.75) is 20.5 Å². The molecular formula is C28H24N4O3S. The maximum atomic E-state index is 12.9. The van der Waals surface area contributed by atoms with E-state index < -0.39 is 11.8 Å². The molecule has 1 aliphatic heterocycles. The van der Waals surface area contributed by atoms with Crippen LogP contribution in [0.25, 0.3) is 11.8 Å². The van der Waals surface area contributed by atoms with Crippen molar-refractivity contribution in [2.75, 3.05) is 6.54 Å². The van der Waals surface area contributed by atoms with Crippen LogP contribution in [-0.2, 0) is 16.2 Å². The zero-order chi connectivity index (χ0) is 25.8. The Bertz CT molecular complexity index is 1440. The van der Waals surface area contributed by atoms with Gasteiger partial charge in [-0.15, -0.1) is 6.58 Å². The van der Waals surface area contributed by atoms with Gasteiger partial charge >= 0.3 is 0 Å². The molecule has 4 rings (SSSR count). The lowest BCUT2D eigenvalue weighted by Gasteiger charge is -2.27. The highest BCUT2D eigenvalue weighted by Gasteiger charge is 2.32. The van der Waals surface area contributed by atoms with E-state index in [1.165, 1.54) is 4.90 Å². The fraction of sp³-hybridized carbons (Fsp3) is 0.143. The lowest BCUT2D eigenvalue weighted by molar-refractivity contribution is -0.128. The average Bonchev–Trinajstić information content (AvgIpc) is 3.16. The van der Waals surface area contributed by atoms with Gasteiger partial charge in [-0.2, -0.15) is 5.26 Å². The first-order valence-electron chi connectivity index (χ1n) is 11.2. The lowest BCUT2D eigenvalue weighted by Crippen LogP contribution is -2.53. The Morgan fingerprint density at radius 3 is 2.56 bits per heavy atom. The minimum absolute atomic E-state index is 0.0205. The van der Waals surface area contributed by atoms with Crippen LogP contribution in [0.1, 0.15) is 28.1 Å². The fourth-order valence-electron chi connectivity index (χ4n) is 4.08. The van der Waals surface area contributed by atoms with Crippen LogP contribution < -0.4 is 10.1 Å². The highest BCUT2D eigenvalue weighted by atomic mass is 32.1. The summed E-state index contributed by atoms with van der Waals surface area (Å²) in [5.74, 6) is -0.290. The molecule has 180 valence electrons. The van der Waals surface area contributed by atoms with Gasteiger partial charge in [0.1, 0.15) is 17.9 Å². The van der Waals surface area contributed by atoms with Gasteiger partial charge in [-0.1, -0.05) is 24.3 Å². The van der Waals surface area contributed by atoms with Gasteiger partial charge in [0, 0.05) is 29.2 Å². The van der Waals surface area contributed by atoms with Crippen LogP contribution in [0, 0.1) is 25.2 Å². The highest BCUT2D eigenvalue weighted by molar-refractivity contribution is 7.80. The molecule has 2 heterocycles. The van der Waals surface area contributed by atoms with Crippen LogP contribution in [0.3, 0.4) is 0 Å². The normalized spacial score (nSPS) is 14.5. The summed E-state index contributed by atoms with van der Waals surface area (Å²) >= 11 is 5.12. The number of aryl methyl sites for hydroxylation is 1. The molecule has 0 spiro atoms. The quantitative estimate of drug-likeness (QED) is 0.227. The predicted octanol–water partition coefficient (Wildman–Crippen LogP) is 4.36. The number of nitrogens with zero attached hydrogens (tertiary/aromatic N) is 3. The third kappa shape index (κ3) is 4.83. The Hall–Kier alpha value is -4.48. The number of benzene rings is 2. The molecule has 7 nitrogen and oxygen atoms in total. The van der Waals surface area contributed by atoms with Crippen molar-refractivity contribution >= 4 is 35.2 Å². The van der Waals surface area contributed by atoms with E-state index in [0.717, 1.165) is 28.2 Å². The summed E-state index contributed by atoms with van der Waals surface area (Å²) in [6.45, 7) is 8.04. The maximum absolute atomic E-state index is 12.9. The molecule has 36 heavy (non-hydrogen) atoms. The molecule has 0 unspecified atom stereocenters. The van der Waals surface area contributed by atoms with Crippen molar-refractivity contribution in [2.24, 2.45) is 0 Å². The van der Waals surface area contributed by atoms with E-state index in [1.54, 1.807) is 18.2 Å². The monoisotopic (exact) mass is 496 g/mol. The Morgan fingerprint density at radius 2 is 1.86 bits per heavy atom. The van der Waals surface area contributed by atoms with Crippen LogP contribution >= 0.6 is 12.2 Å². The summed E-state index contributed by atoms with van der Waals surface area (Å²) in [6, 6.07) is 19.1. The first-order chi connectivity index (χ1) is 17.3. The summed E-state index contributed by atoms with van der Waals surface area (Å²) < 4.78 is 7.92. The van der Waals surface area contributed by atoms with E-state index in [1.807, 2.05) is 66.9 Å². The molecule has 0 saturated carbocycles. The lowest BCUT2D eigenvalue weighted by atomic mass is 10.1. The Labute approximate surface area is 214 Å². The van der Waals surface area contributed by atoms with Crippen LogP contribution in [0.15, 0.2) is 72.8 Å². The van der Waals surface area contributed by atoms with Crippen LogP contribution in [0.4, 0.5) is 0 Å². The Kier molecular flexibility index (Phi) is 7.13. The molecule has 1 fully saturated rings. The van der Waals surface area contributed by atoms with Gasteiger partial charge in [0.05, 0.1) is 11.6 Å². The molecule has 2 aromatic carbocycles. The number of hydrogen-bond acceptors (Lipinski definition) is 5. The smallest absolute Gasteiger partial charge is 0.265 e. The van der Waals surface area contributed by atoms with Gasteiger partial charge in [0.2, 0.25) is 0 Å². The molecule has 0 radical (unpaired) electrons. The second kappa shape index (κ2) is 10.4. The van der Waals surface area contributed by atoms with Crippen molar-refractivity contribution in [3.05, 3.63) is 101 Å². The van der Waals surface area contributed by atoms with E-state index in [2.05, 4.69) is 18.0 Å². The molecule has 3 aromatic rings. The van der Waals surface area contributed by atoms with Crippen molar-refractivity contribution in [1.29, 1.82) is 5.26 Å². The van der Waals surface area contributed by atoms with E-state index in [0.29, 0.717) is 17.9 Å².